The van der Waals surface area contributed by atoms with Crippen molar-refractivity contribution in [3.8, 4) is 0 Å². The van der Waals surface area contributed by atoms with Crippen LogP contribution in [0, 0.1) is 10.6 Å². The first-order valence-electron chi connectivity index (χ1n) is 8.36. The van der Waals surface area contributed by atoms with E-state index in [1.807, 2.05) is 6.92 Å². The lowest BCUT2D eigenvalue weighted by Crippen LogP contribution is -2.31. The van der Waals surface area contributed by atoms with E-state index in [9.17, 15) is 9.59 Å². The molecule has 2 N–H and O–H groups in total. The van der Waals surface area contributed by atoms with Gasteiger partial charge in [-0.1, -0.05) is 44.3 Å². The highest BCUT2D eigenvalue weighted by Gasteiger charge is 2.15. The molecule has 0 saturated heterocycles. The Kier molecular flexibility index (Phi) is 4.75. The predicted molar refractivity (Wildman–Crippen MR) is 92.4 cm³/mol. The maximum Gasteiger partial charge on any atom is 0.329 e. The van der Waals surface area contributed by atoms with Crippen LogP contribution in [-0.4, -0.2) is 19.5 Å². The maximum atomic E-state index is 12.0. The molecule has 2 aromatic rings. The van der Waals surface area contributed by atoms with Crippen molar-refractivity contribution in [1.29, 1.82) is 0 Å². The largest absolute Gasteiger partial charge is 0.329 e. The third-order valence-corrected chi connectivity index (χ3v) is 5.04. The third-order valence-electron chi connectivity index (χ3n) is 4.74. The number of hydrogen-bond donors (Lipinski definition) is 2. The Morgan fingerprint density at radius 2 is 1.96 bits per heavy atom. The fourth-order valence-corrected chi connectivity index (χ4v) is 3.78. The zero-order valence-electron chi connectivity index (χ0n) is 13.4. The summed E-state index contributed by atoms with van der Waals surface area (Å²) in [5, 5.41) is 0.294. The average Bonchev–Trinajstić information content (AvgIpc) is 2.53. The Morgan fingerprint density at radius 1 is 1.22 bits per heavy atom. The summed E-state index contributed by atoms with van der Waals surface area (Å²) in [7, 11) is 0. The van der Waals surface area contributed by atoms with Crippen molar-refractivity contribution >= 4 is 23.3 Å². The molecule has 0 radical (unpaired) electrons. The summed E-state index contributed by atoms with van der Waals surface area (Å²) in [5.41, 5.74) is -0.401. The molecule has 2 aromatic heterocycles. The second-order valence-electron chi connectivity index (χ2n) is 6.26. The minimum atomic E-state index is -0.470. The van der Waals surface area contributed by atoms with Crippen LogP contribution in [0.3, 0.4) is 0 Å². The molecule has 0 unspecified atom stereocenters. The van der Waals surface area contributed by atoms with E-state index in [1.54, 1.807) is 0 Å². The quantitative estimate of drug-likeness (QED) is 0.842. The van der Waals surface area contributed by atoms with Gasteiger partial charge in [0.15, 0.2) is 0 Å². The summed E-state index contributed by atoms with van der Waals surface area (Å²) >= 11 is 5.28. The standard InChI is InChI=1S/C16H22N4O2S/c1-2-20-13-12(14(21)19-16(20)22)15(23)18-11(17-13)9-8-10-6-4-3-5-7-10/h10H,2-9H2,1H3,(H,17,18,23)(H,19,21,22). The number of hydrogen-bond acceptors (Lipinski definition) is 4. The Bertz CT molecular complexity index is 874. The fraction of sp³-hybridized carbons (Fsp3) is 0.625. The lowest BCUT2D eigenvalue weighted by atomic mass is 9.86. The molecule has 0 aromatic carbocycles. The van der Waals surface area contributed by atoms with Crippen LogP contribution in [0.25, 0.3) is 11.0 Å². The molecular formula is C16H22N4O2S. The molecule has 1 aliphatic rings. The van der Waals surface area contributed by atoms with E-state index in [4.69, 9.17) is 12.2 Å². The summed E-state index contributed by atoms with van der Waals surface area (Å²) in [6, 6.07) is 0. The zero-order valence-corrected chi connectivity index (χ0v) is 14.2. The lowest BCUT2D eigenvalue weighted by molar-refractivity contribution is 0.337. The average molecular weight is 334 g/mol. The van der Waals surface area contributed by atoms with Crippen LogP contribution in [0.1, 0.15) is 51.3 Å². The molecular weight excluding hydrogens is 312 g/mol. The molecule has 0 bridgehead atoms. The fourth-order valence-electron chi connectivity index (χ4n) is 3.48. The van der Waals surface area contributed by atoms with E-state index >= 15 is 0 Å². The lowest BCUT2D eigenvalue weighted by Gasteiger charge is -2.21. The topological polar surface area (TPSA) is 83.5 Å². The Balaban J connectivity index is 1.97. The van der Waals surface area contributed by atoms with Crippen LogP contribution < -0.4 is 11.2 Å². The highest BCUT2D eigenvalue weighted by Crippen LogP contribution is 2.27. The van der Waals surface area contributed by atoms with E-state index in [0.29, 0.717) is 17.6 Å². The molecule has 1 saturated carbocycles. The number of rotatable bonds is 4. The Hall–Kier alpha value is -1.76. The Morgan fingerprint density at radius 3 is 2.65 bits per heavy atom. The maximum absolute atomic E-state index is 12.0. The summed E-state index contributed by atoms with van der Waals surface area (Å²) in [6.07, 6.45) is 8.42. The number of fused-ring (bicyclic) bond motifs is 1. The summed E-state index contributed by atoms with van der Waals surface area (Å²) in [5.74, 6) is 1.51. The molecule has 0 spiro atoms. The number of H-pyrrole nitrogens is 2. The molecule has 1 aliphatic carbocycles. The van der Waals surface area contributed by atoms with Gasteiger partial charge in [-0.15, -0.1) is 0 Å². The van der Waals surface area contributed by atoms with E-state index < -0.39 is 11.2 Å². The molecule has 0 atom stereocenters. The van der Waals surface area contributed by atoms with Crippen LogP contribution in [0.15, 0.2) is 9.59 Å². The number of aromatic nitrogens is 4. The van der Waals surface area contributed by atoms with Gasteiger partial charge >= 0.3 is 5.69 Å². The van der Waals surface area contributed by atoms with Gasteiger partial charge in [0.25, 0.3) is 5.56 Å². The number of nitrogens with zero attached hydrogens (tertiary/aromatic N) is 2. The first kappa shape index (κ1) is 16.1. The van der Waals surface area contributed by atoms with E-state index in [0.717, 1.165) is 24.6 Å². The zero-order chi connectivity index (χ0) is 16.4. The van der Waals surface area contributed by atoms with Crippen molar-refractivity contribution in [2.45, 2.75) is 58.4 Å². The molecule has 2 heterocycles. The number of aryl methyl sites for hydroxylation is 2. The highest BCUT2D eigenvalue weighted by molar-refractivity contribution is 7.71. The first-order chi connectivity index (χ1) is 11.1. The van der Waals surface area contributed by atoms with Crippen molar-refractivity contribution < 1.29 is 0 Å². The van der Waals surface area contributed by atoms with E-state index in [-0.39, 0.29) is 4.64 Å². The van der Waals surface area contributed by atoms with Crippen molar-refractivity contribution in [2.24, 2.45) is 5.92 Å². The van der Waals surface area contributed by atoms with Crippen LogP contribution in [0.2, 0.25) is 0 Å². The molecule has 6 nitrogen and oxygen atoms in total. The minimum absolute atomic E-state index is 0.265. The van der Waals surface area contributed by atoms with Crippen molar-refractivity contribution in [3.05, 3.63) is 31.3 Å². The van der Waals surface area contributed by atoms with Crippen LogP contribution >= 0.6 is 12.2 Å². The smallest absolute Gasteiger partial charge is 0.329 e. The van der Waals surface area contributed by atoms with Gasteiger partial charge in [0.1, 0.15) is 21.5 Å². The molecule has 1 fully saturated rings. The second kappa shape index (κ2) is 6.78. The number of aromatic amines is 2. The summed E-state index contributed by atoms with van der Waals surface area (Å²) in [6.45, 7) is 2.32. The van der Waals surface area contributed by atoms with Crippen molar-refractivity contribution in [3.63, 3.8) is 0 Å². The third kappa shape index (κ3) is 3.29. The second-order valence-corrected chi connectivity index (χ2v) is 6.65. The van der Waals surface area contributed by atoms with Crippen molar-refractivity contribution in [2.75, 3.05) is 0 Å². The van der Waals surface area contributed by atoms with Gasteiger partial charge < -0.3 is 4.98 Å². The molecule has 3 rings (SSSR count). The van der Waals surface area contributed by atoms with Gasteiger partial charge in [0, 0.05) is 13.0 Å². The summed E-state index contributed by atoms with van der Waals surface area (Å²) < 4.78 is 1.76. The Labute approximate surface area is 139 Å². The molecule has 0 aliphatic heterocycles. The van der Waals surface area contributed by atoms with Crippen LogP contribution in [-0.2, 0) is 13.0 Å². The molecule has 7 heteroatoms. The first-order valence-corrected chi connectivity index (χ1v) is 8.77. The van der Waals surface area contributed by atoms with Crippen molar-refractivity contribution in [1.82, 2.24) is 19.5 Å². The van der Waals surface area contributed by atoms with E-state index in [1.165, 1.54) is 36.7 Å². The van der Waals surface area contributed by atoms with E-state index in [2.05, 4.69) is 15.0 Å². The molecule has 124 valence electrons. The van der Waals surface area contributed by atoms with Gasteiger partial charge in [0.2, 0.25) is 0 Å². The predicted octanol–water partition coefficient (Wildman–Crippen LogP) is 2.68. The number of nitrogens with one attached hydrogen (secondary N) is 2. The van der Waals surface area contributed by atoms with Gasteiger partial charge in [-0.05, 0) is 19.3 Å². The van der Waals surface area contributed by atoms with Gasteiger partial charge in [-0.2, -0.15) is 0 Å². The minimum Gasteiger partial charge on any atom is -0.329 e. The van der Waals surface area contributed by atoms with Gasteiger partial charge in [-0.25, -0.2) is 9.78 Å². The highest BCUT2D eigenvalue weighted by atomic mass is 32.1. The monoisotopic (exact) mass is 334 g/mol. The van der Waals surface area contributed by atoms with Crippen LogP contribution in [0.5, 0.6) is 0 Å². The van der Waals surface area contributed by atoms with Gasteiger partial charge in [-0.3, -0.25) is 14.3 Å². The summed E-state index contributed by atoms with van der Waals surface area (Å²) in [4.78, 5) is 33.8. The van der Waals surface area contributed by atoms with Gasteiger partial charge in [0.05, 0.1) is 0 Å². The SMILES string of the molecule is CCn1c(=O)[nH]c(=O)c2c(=S)nc(CCC3CCCCC3)[nH]c21. The molecule has 23 heavy (non-hydrogen) atoms. The normalized spacial score (nSPS) is 16.0. The van der Waals surface area contributed by atoms with Crippen LogP contribution in [0.4, 0.5) is 0 Å². The molecule has 0 amide bonds.